The van der Waals surface area contributed by atoms with Crippen molar-refractivity contribution in [1.29, 1.82) is 0 Å². The predicted molar refractivity (Wildman–Crippen MR) is 87.2 cm³/mol. The van der Waals surface area contributed by atoms with E-state index in [1.54, 1.807) is 6.92 Å². The van der Waals surface area contributed by atoms with E-state index in [4.69, 9.17) is 19.5 Å². The van der Waals surface area contributed by atoms with Gasteiger partial charge in [-0.3, -0.25) is 4.79 Å². The van der Waals surface area contributed by atoms with Crippen LogP contribution in [0, 0.1) is 5.92 Å². The molecule has 1 fully saturated rings. The molecule has 0 aromatic heterocycles. The molecule has 3 atom stereocenters. The van der Waals surface area contributed by atoms with Crippen molar-refractivity contribution in [2.75, 3.05) is 0 Å². The van der Waals surface area contributed by atoms with Crippen LogP contribution in [0.25, 0.3) is 0 Å². The van der Waals surface area contributed by atoms with E-state index in [2.05, 4.69) is 0 Å². The zero-order chi connectivity index (χ0) is 16.8. The molecule has 1 saturated heterocycles. The summed E-state index contributed by atoms with van der Waals surface area (Å²) < 4.78 is 35.5. The van der Waals surface area contributed by atoms with Crippen molar-refractivity contribution in [2.24, 2.45) is 5.92 Å². The Morgan fingerprint density at radius 2 is 1.62 bits per heavy atom. The molecule has 0 saturated carbocycles. The van der Waals surface area contributed by atoms with Crippen LogP contribution in [0.3, 0.4) is 0 Å². The van der Waals surface area contributed by atoms with Gasteiger partial charge in [0.1, 0.15) is 5.92 Å². The van der Waals surface area contributed by atoms with E-state index in [0.29, 0.717) is 4.31 Å². The van der Waals surface area contributed by atoms with Gasteiger partial charge in [-0.2, -0.15) is 12.7 Å². The largest absolute Gasteiger partial charge is 0.414 e. The van der Waals surface area contributed by atoms with Crippen molar-refractivity contribution in [2.45, 2.75) is 58.5 Å². The van der Waals surface area contributed by atoms with E-state index in [1.165, 1.54) is 0 Å². The van der Waals surface area contributed by atoms with E-state index in [1.807, 2.05) is 39.3 Å². The lowest BCUT2D eigenvalue weighted by Crippen LogP contribution is -2.68. The molecule has 0 spiro atoms. The zero-order valence-corrected chi connectivity index (χ0v) is 17.1. The molecule has 1 amide bonds. The molecule has 1 aliphatic rings. The number of halogens is 1. The molecule has 124 valence electrons. The maximum absolute atomic E-state index is 12.2. The van der Waals surface area contributed by atoms with Gasteiger partial charge in [0.2, 0.25) is 5.91 Å². The minimum atomic E-state index is -4.14. The van der Waals surface area contributed by atoms with Gasteiger partial charge >= 0.3 is 9.24 Å². The summed E-state index contributed by atoms with van der Waals surface area (Å²) in [6.07, 6.45) is -1.27. The van der Waals surface area contributed by atoms with Crippen LogP contribution in [0.1, 0.15) is 6.92 Å². The van der Waals surface area contributed by atoms with Crippen LogP contribution in [0.2, 0.25) is 39.3 Å². The Labute approximate surface area is 133 Å². The summed E-state index contributed by atoms with van der Waals surface area (Å²) in [5.74, 6) is -1.18. The van der Waals surface area contributed by atoms with Gasteiger partial charge in [-0.15, -0.1) is 0 Å². The van der Waals surface area contributed by atoms with Gasteiger partial charge in [0.25, 0.3) is 0 Å². The number of nitrogens with zero attached hydrogens (tertiary/aromatic N) is 1. The molecule has 0 aromatic rings. The Kier molecular flexibility index (Phi) is 5.40. The van der Waals surface area contributed by atoms with Crippen LogP contribution < -0.4 is 0 Å². The Morgan fingerprint density at radius 1 is 1.14 bits per heavy atom. The monoisotopic (exact) mass is 373 g/mol. The first-order chi connectivity index (χ1) is 9.13. The van der Waals surface area contributed by atoms with Crippen LogP contribution >= 0.6 is 10.7 Å². The number of carbonyl (C=O) groups is 1. The number of hydrogen-bond donors (Lipinski definition) is 0. The van der Waals surface area contributed by atoms with Gasteiger partial charge in [0.15, 0.2) is 22.9 Å². The zero-order valence-electron chi connectivity index (χ0n) is 13.5. The van der Waals surface area contributed by atoms with Crippen molar-refractivity contribution in [3.05, 3.63) is 0 Å². The van der Waals surface area contributed by atoms with E-state index in [9.17, 15) is 13.2 Å². The first-order valence-electron chi connectivity index (χ1n) is 6.77. The molecule has 0 radical (unpaired) electrons. The molecule has 6 nitrogen and oxygen atoms in total. The van der Waals surface area contributed by atoms with Gasteiger partial charge in [0, 0.05) is 10.7 Å². The summed E-state index contributed by atoms with van der Waals surface area (Å²) in [6.45, 7) is 13.6. The number of β-lactam (4-membered cyclic amide) rings is 1. The molecular formula is C11H24ClNO5SSi2. The molecule has 0 aromatic carbocycles. The smallest absolute Gasteiger partial charge is 0.326 e. The van der Waals surface area contributed by atoms with Gasteiger partial charge < -0.3 is 8.85 Å². The Bertz CT molecular complexity index is 514. The third-order valence-electron chi connectivity index (χ3n) is 2.80. The molecule has 0 aliphatic carbocycles. The fourth-order valence-corrected chi connectivity index (χ4v) is 5.75. The van der Waals surface area contributed by atoms with Crippen LogP contribution in [0.4, 0.5) is 0 Å². The number of hydrogen-bond acceptors (Lipinski definition) is 5. The van der Waals surface area contributed by atoms with Gasteiger partial charge in [-0.05, 0) is 46.2 Å². The minimum Gasteiger partial charge on any atom is -0.414 e. The van der Waals surface area contributed by atoms with Crippen LogP contribution in [0.5, 0.6) is 0 Å². The molecule has 10 heteroatoms. The summed E-state index contributed by atoms with van der Waals surface area (Å²) in [6, 6.07) is 0. The fourth-order valence-electron chi connectivity index (χ4n) is 2.24. The quantitative estimate of drug-likeness (QED) is 0.406. The molecule has 21 heavy (non-hydrogen) atoms. The van der Waals surface area contributed by atoms with Crippen LogP contribution in [0.15, 0.2) is 0 Å². The molecule has 3 unspecified atom stereocenters. The van der Waals surface area contributed by atoms with E-state index < -0.39 is 50.0 Å². The highest BCUT2D eigenvalue weighted by atomic mass is 35.7. The molecular weight excluding hydrogens is 350 g/mol. The van der Waals surface area contributed by atoms with E-state index >= 15 is 0 Å². The van der Waals surface area contributed by atoms with Crippen LogP contribution in [-0.4, -0.2) is 47.6 Å². The third kappa shape index (κ3) is 5.03. The minimum absolute atomic E-state index is 0.403. The summed E-state index contributed by atoms with van der Waals surface area (Å²) in [4.78, 5) is 12.2. The summed E-state index contributed by atoms with van der Waals surface area (Å²) in [7, 11) is -2.70. The standard InChI is InChI=1S/C11H24ClNO5SSi2/c1-8(17-20(2,3)4)9-10(14)13(19(12,15)16)11(9)18-21(5,6)7/h8-9,11H,1-7H3. The Morgan fingerprint density at radius 3 is 1.95 bits per heavy atom. The van der Waals surface area contributed by atoms with Crippen molar-refractivity contribution < 1.29 is 22.1 Å². The Balaban J connectivity index is 3.00. The molecule has 0 bridgehead atoms. The first kappa shape index (κ1) is 19.1. The average molecular weight is 374 g/mol. The lowest BCUT2D eigenvalue weighted by Gasteiger charge is -2.49. The lowest BCUT2D eigenvalue weighted by atomic mass is 9.94. The van der Waals surface area contributed by atoms with Crippen LogP contribution in [-0.2, 0) is 22.9 Å². The second kappa shape index (κ2) is 5.93. The number of amides is 1. The van der Waals surface area contributed by atoms with Crippen molar-refractivity contribution in [1.82, 2.24) is 4.31 Å². The summed E-state index contributed by atoms with van der Waals surface area (Å²) >= 11 is 0. The first-order valence-corrected chi connectivity index (χ1v) is 15.9. The molecule has 1 aliphatic heterocycles. The molecule has 1 rings (SSSR count). The maximum atomic E-state index is 12.2. The lowest BCUT2D eigenvalue weighted by molar-refractivity contribution is -0.170. The normalized spacial score (nSPS) is 25.7. The average Bonchev–Trinajstić information content (AvgIpc) is 2.07. The predicted octanol–water partition coefficient (Wildman–Crippen LogP) is 2.35. The highest BCUT2D eigenvalue weighted by molar-refractivity contribution is 8.12. The highest BCUT2D eigenvalue weighted by Gasteiger charge is 2.57. The van der Waals surface area contributed by atoms with Crippen molar-refractivity contribution in [3.8, 4) is 0 Å². The van der Waals surface area contributed by atoms with Gasteiger partial charge in [0.05, 0.1) is 6.10 Å². The van der Waals surface area contributed by atoms with Gasteiger partial charge in [-0.25, -0.2) is 0 Å². The van der Waals surface area contributed by atoms with E-state index in [0.717, 1.165) is 0 Å². The van der Waals surface area contributed by atoms with Gasteiger partial charge in [-0.1, -0.05) is 0 Å². The van der Waals surface area contributed by atoms with Crippen molar-refractivity contribution >= 4 is 42.5 Å². The number of carbonyl (C=O) groups excluding carboxylic acids is 1. The maximum Gasteiger partial charge on any atom is 0.326 e. The SMILES string of the molecule is CC(O[Si](C)(C)C)C1C(=O)N(S(=O)(=O)Cl)C1O[Si](C)(C)C. The topological polar surface area (TPSA) is 72.9 Å². The number of rotatable bonds is 6. The Hall–Kier alpha value is 0.0638. The molecule has 1 heterocycles. The third-order valence-corrected chi connectivity index (χ3v) is 6.13. The summed E-state index contributed by atoms with van der Waals surface area (Å²) in [5.41, 5.74) is 0. The highest BCUT2D eigenvalue weighted by Crippen LogP contribution is 2.38. The summed E-state index contributed by atoms with van der Waals surface area (Å²) in [5, 5.41) is 0. The van der Waals surface area contributed by atoms with E-state index in [-0.39, 0.29) is 0 Å². The second-order valence-electron chi connectivity index (χ2n) is 7.16. The second-order valence-corrected chi connectivity index (χ2v) is 18.5. The molecule has 0 N–H and O–H groups in total. The van der Waals surface area contributed by atoms with Crippen molar-refractivity contribution in [3.63, 3.8) is 0 Å². The fraction of sp³-hybridized carbons (Fsp3) is 0.909.